The van der Waals surface area contributed by atoms with Crippen LogP contribution in [0.3, 0.4) is 0 Å². The van der Waals surface area contributed by atoms with Crippen LogP contribution in [0.25, 0.3) is 0 Å². The van der Waals surface area contributed by atoms with Crippen molar-refractivity contribution in [1.82, 2.24) is 14.5 Å². The Morgan fingerprint density at radius 2 is 1.95 bits per heavy atom. The minimum Gasteiger partial charge on any atom is -0.330 e. The summed E-state index contributed by atoms with van der Waals surface area (Å²) in [5.41, 5.74) is 1.45. The summed E-state index contributed by atoms with van der Waals surface area (Å²) in [4.78, 5) is 6.49. The largest absolute Gasteiger partial charge is 0.330 e. The fourth-order valence-corrected chi connectivity index (χ4v) is 2.75. The van der Waals surface area contributed by atoms with E-state index in [0.29, 0.717) is 0 Å². The average Bonchev–Trinajstić information content (AvgIpc) is 2.93. The van der Waals surface area contributed by atoms with Gasteiger partial charge in [-0.1, -0.05) is 37.3 Å². The molecule has 2 aromatic rings. The summed E-state index contributed by atoms with van der Waals surface area (Å²) in [6.45, 7) is 3.27. The van der Waals surface area contributed by atoms with Crippen molar-refractivity contribution in [2.75, 3.05) is 20.6 Å². The monoisotopic (exact) mass is 257 g/mol. The zero-order valence-electron chi connectivity index (χ0n) is 12.1. The molecule has 0 saturated heterocycles. The predicted octanol–water partition coefficient (Wildman–Crippen LogP) is 2.79. The van der Waals surface area contributed by atoms with E-state index in [9.17, 15) is 0 Å². The van der Waals surface area contributed by atoms with Gasteiger partial charge in [-0.25, -0.2) is 4.98 Å². The molecule has 3 nitrogen and oxygen atoms in total. The van der Waals surface area contributed by atoms with E-state index >= 15 is 0 Å². The number of benzene rings is 1. The minimum absolute atomic E-state index is 0.0708. The molecule has 2 rings (SSSR count). The van der Waals surface area contributed by atoms with E-state index in [4.69, 9.17) is 0 Å². The van der Waals surface area contributed by atoms with E-state index < -0.39 is 0 Å². The van der Waals surface area contributed by atoms with Gasteiger partial charge in [0.1, 0.15) is 0 Å². The van der Waals surface area contributed by atoms with Crippen molar-refractivity contribution in [1.29, 1.82) is 0 Å². The highest BCUT2D eigenvalue weighted by molar-refractivity contribution is 5.18. The minimum atomic E-state index is 0.0708. The lowest BCUT2D eigenvalue weighted by Crippen LogP contribution is -2.43. The van der Waals surface area contributed by atoms with Gasteiger partial charge in [-0.3, -0.25) is 0 Å². The number of imidazole rings is 1. The average molecular weight is 257 g/mol. The fraction of sp³-hybridized carbons (Fsp3) is 0.438. The molecule has 0 saturated carbocycles. The first-order valence-corrected chi connectivity index (χ1v) is 6.83. The van der Waals surface area contributed by atoms with Crippen molar-refractivity contribution in [3.8, 4) is 0 Å². The lowest BCUT2D eigenvalue weighted by Gasteiger charge is -2.37. The molecule has 102 valence electrons. The maximum Gasteiger partial charge on any atom is 0.0951 e. The van der Waals surface area contributed by atoms with E-state index in [0.717, 1.165) is 19.4 Å². The Balaban J connectivity index is 2.33. The van der Waals surface area contributed by atoms with E-state index in [2.05, 4.69) is 72.0 Å². The summed E-state index contributed by atoms with van der Waals surface area (Å²) in [6, 6.07) is 10.7. The highest BCUT2D eigenvalue weighted by Gasteiger charge is 2.30. The summed E-state index contributed by atoms with van der Waals surface area (Å²) < 4.78 is 2.26. The second-order valence-corrected chi connectivity index (χ2v) is 5.45. The SMILES string of the molecule is CCC(Cc1ccccc1)(CN(C)C)n1ccnc1. The maximum atomic E-state index is 4.23. The van der Waals surface area contributed by atoms with Crippen LogP contribution in [0.2, 0.25) is 0 Å². The van der Waals surface area contributed by atoms with Crippen molar-refractivity contribution in [3.05, 3.63) is 54.6 Å². The van der Waals surface area contributed by atoms with Gasteiger partial charge < -0.3 is 9.47 Å². The lowest BCUT2D eigenvalue weighted by atomic mass is 9.87. The van der Waals surface area contributed by atoms with Gasteiger partial charge in [0, 0.05) is 18.9 Å². The molecule has 0 spiro atoms. The highest BCUT2D eigenvalue weighted by atomic mass is 15.2. The van der Waals surface area contributed by atoms with Gasteiger partial charge in [0.2, 0.25) is 0 Å². The summed E-state index contributed by atoms with van der Waals surface area (Å²) in [6.07, 6.45) is 7.99. The zero-order chi connectivity index (χ0) is 13.7. The molecular formula is C16H23N3. The van der Waals surface area contributed by atoms with Crippen LogP contribution in [0.5, 0.6) is 0 Å². The van der Waals surface area contributed by atoms with Gasteiger partial charge in [0.15, 0.2) is 0 Å². The third kappa shape index (κ3) is 3.24. The Labute approximate surface area is 115 Å². The standard InChI is InChI=1S/C16H23N3/c1-4-16(13-18(2)3,19-11-10-17-14-19)12-15-8-6-5-7-9-15/h5-11,14H,4,12-13H2,1-3H3. The molecule has 3 heteroatoms. The second-order valence-electron chi connectivity index (χ2n) is 5.45. The molecule has 1 atom stereocenters. The molecular weight excluding hydrogens is 234 g/mol. The Morgan fingerprint density at radius 3 is 2.47 bits per heavy atom. The first-order chi connectivity index (χ1) is 9.16. The van der Waals surface area contributed by atoms with Crippen LogP contribution in [0.15, 0.2) is 49.1 Å². The molecule has 1 unspecified atom stereocenters. The number of aromatic nitrogens is 2. The molecule has 1 aromatic carbocycles. The highest BCUT2D eigenvalue weighted by Crippen LogP contribution is 2.26. The molecule has 19 heavy (non-hydrogen) atoms. The van der Waals surface area contributed by atoms with Gasteiger partial charge in [-0.05, 0) is 32.5 Å². The Morgan fingerprint density at radius 1 is 1.21 bits per heavy atom. The van der Waals surface area contributed by atoms with Crippen LogP contribution >= 0.6 is 0 Å². The van der Waals surface area contributed by atoms with Crippen molar-refractivity contribution >= 4 is 0 Å². The van der Waals surface area contributed by atoms with Crippen molar-refractivity contribution in [2.45, 2.75) is 25.3 Å². The Bertz CT molecular complexity index is 476. The second kappa shape index (κ2) is 6.02. The summed E-state index contributed by atoms with van der Waals surface area (Å²) in [5, 5.41) is 0. The number of nitrogens with zero attached hydrogens (tertiary/aromatic N) is 3. The molecule has 0 aliphatic carbocycles. The normalized spacial score (nSPS) is 14.5. The van der Waals surface area contributed by atoms with E-state index in [1.807, 2.05) is 12.5 Å². The number of hydrogen-bond acceptors (Lipinski definition) is 2. The quantitative estimate of drug-likeness (QED) is 0.793. The third-order valence-corrected chi connectivity index (χ3v) is 3.70. The van der Waals surface area contributed by atoms with Crippen LogP contribution in [-0.2, 0) is 12.0 Å². The van der Waals surface area contributed by atoms with Crippen LogP contribution in [0.1, 0.15) is 18.9 Å². The zero-order valence-corrected chi connectivity index (χ0v) is 12.1. The summed E-state index contributed by atoms with van der Waals surface area (Å²) in [7, 11) is 4.26. The van der Waals surface area contributed by atoms with Gasteiger partial charge in [-0.15, -0.1) is 0 Å². The first-order valence-electron chi connectivity index (χ1n) is 6.83. The molecule has 1 heterocycles. The van der Waals surface area contributed by atoms with Gasteiger partial charge >= 0.3 is 0 Å². The number of rotatable bonds is 6. The Kier molecular flexibility index (Phi) is 4.38. The predicted molar refractivity (Wildman–Crippen MR) is 79.2 cm³/mol. The van der Waals surface area contributed by atoms with Crippen LogP contribution in [-0.4, -0.2) is 35.1 Å². The van der Waals surface area contributed by atoms with Crippen molar-refractivity contribution < 1.29 is 0 Å². The lowest BCUT2D eigenvalue weighted by molar-refractivity contribution is 0.189. The third-order valence-electron chi connectivity index (χ3n) is 3.70. The first kappa shape index (κ1) is 13.8. The van der Waals surface area contributed by atoms with E-state index in [1.54, 1.807) is 0 Å². The molecule has 1 aromatic heterocycles. The van der Waals surface area contributed by atoms with E-state index in [-0.39, 0.29) is 5.54 Å². The molecule has 0 aliphatic heterocycles. The van der Waals surface area contributed by atoms with Crippen LogP contribution in [0.4, 0.5) is 0 Å². The molecule has 0 fully saturated rings. The topological polar surface area (TPSA) is 21.1 Å². The smallest absolute Gasteiger partial charge is 0.0951 e. The van der Waals surface area contributed by atoms with Crippen molar-refractivity contribution in [3.63, 3.8) is 0 Å². The maximum absolute atomic E-state index is 4.23. The summed E-state index contributed by atoms with van der Waals surface area (Å²) in [5.74, 6) is 0. The van der Waals surface area contributed by atoms with Gasteiger partial charge in [0.05, 0.1) is 11.9 Å². The number of likely N-dealkylation sites (N-methyl/N-ethyl adjacent to an activating group) is 1. The van der Waals surface area contributed by atoms with Gasteiger partial charge in [-0.2, -0.15) is 0 Å². The molecule has 0 aliphatic rings. The van der Waals surface area contributed by atoms with Crippen LogP contribution in [0, 0.1) is 0 Å². The number of hydrogen-bond donors (Lipinski definition) is 0. The summed E-state index contributed by atoms with van der Waals surface area (Å²) >= 11 is 0. The molecule has 0 N–H and O–H groups in total. The fourth-order valence-electron chi connectivity index (χ4n) is 2.75. The molecule has 0 bridgehead atoms. The molecule has 0 amide bonds. The Hall–Kier alpha value is -1.61. The van der Waals surface area contributed by atoms with Crippen LogP contribution < -0.4 is 0 Å². The van der Waals surface area contributed by atoms with Crippen molar-refractivity contribution in [2.24, 2.45) is 0 Å². The van der Waals surface area contributed by atoms with Gasteiger partial charge in [0.25, 0.3) is 0 Å². The molecule has 0 radical (unpaired) electrons. The van der Waals surface area contributed by atoms with E-state index in [1.165, 1.54) is 5.56 Å².